The molecule has 0 unspecified atom stereocenters. The van der Waals surface area contributed by atoms with Gasteiger partial charge in [0.15, 0.2) is 0 Å². The van der Waals surface area contributed by atoms with E-state index in [-0.39, 0.29) is 17.9 Å². The van der Waals surface area contributed by atoms with Crippen LogP contribution < -0.4 is 5.73 Å². The molecule has 3 aromatic rings. The molecular weight excluding hydrogens is 312 g/mol. The van der Waals surface area contributed by atoms with E-state index in [2.05, 4.69) is 17.1 Å². The van der Waals surface area contributed by atoms with Crippen LogP contribution in [-0.2, 0) is 11.3 Å². The summed E-state index contributed by atoms with van der Waals surface area (Å²) in [7, 11) is 0. The Morgan fingerprint density at radius 1 is 1.12 bits per heavy atom. The number of para-hydroxylation sites is 2. The van der Waals surface area contributed by atoms with Crippen LogP contribution in [0.15, 0.2) is 54.6 Å². The van der Waals surface area contributed by atoms with E-state index >= 15 is 0 Å². The van der Waals surface area contributed by atoms with E-state index in [1.54, 1.807) is 0 Å². The third-order valence-corrected chi connectivity index (χ3v) is 5.08. The molecule has 0 saturated carbocycles. The van der Waals surface area contributed by atoms with Crippen molar-refractivity contribution in [1.29, 1.82) is 0 Å². The first-order valence-corrected chi connectivity index (χ1v) is 8.63. The third-order valence-electron chi connectivity index (χ3n) is 5.08. The zero-order chi connectivity index (χ0) is 17.4. The predicted octanol–water partition coefficient (Wildman–Crippen LogP) is 2.30. The van der Waals surface area contributed by atoms with Crippen molar-refractivity contribution in [2.75, 3.05) is 13.1 Å². The molecule has 1 amide bonds. The van der Waals surface area contributed by atoms with Crippen LogP contribution in [0.25, 0.3) is 11.0 Å². The Balaban J connectivity index is 1.53. The van der Waals surface area contributed by atoms with Gasteiger partial charge in [-0.15, -0.1) is 0 Å². The quantitative estimate of drug-likeness (QED) is 0.799. The molecule has 128 valence electrons. The first-order valence-electron chi connectivity index (χ1n) is 8.63. The number of amides is 1. The van der Waals surface area contributed by atoms with Crippen LogP contribution in [0.5, 0.6) is 0 Å². The molecule has 2 N–H and O–H groups in total. The maximum atomic E-state index is 12.9. The summed E-state index contributed by atoms with van der Waals surface area (Å²) in [6.07, 6.45) is 0. The van der Waals surface area contributed by atoms with Crippen molar-refractivity contribution in [2.45, 2.75) is 25.4 Å². The van der Waals surface area contributed by atoms with Crippen LogP contribution in [0.1, 0.15) is 17.3 Å². The van der Waals surface area contributed by atoms with Gasteiger partial charge in [0.05, 0.1) is 11.0 Å². The second-order valence-corrected chi connectivity index (χ2v) is 6.71. The van der Waals surface area contributed by atoms with Crippen molar-refractivity contribution in [3.8, 4) is 0 Å². The van der Waals surface area contributed by atoms with E-state index < -0.39 is 0 Å². The van der Waals surface area contributed by atoms with Gasteiger partial charge in [0.2, 0.25) is 5.91 Å². The summed E-state index contributed by atoms with van der Waals surface area (Å²) in [6, 6.07) is 18.1. The van der Waals surface area contributed by atoms with Gasteiger partial charge in [0.25, 0.3) is 0 Å². The van der Waals surface area contributed by atoms with Gasteiger partial charge in [-0.25, -0.2) is 4.98 Å². The molecule has 2 aromatic carbocycles. The van der Waals surface area contributed by atoms with Gasteiger partial charge < -0.3 is 15.2 Å². The molecule has 25 heavy (non-hydrogen) atoms. The molecule has 1 saturated heterocycles. The molecule has 0 spiro atoms. The van der Waals surface area contributed by atoms with Crippen LogP contribution in [0.2, 0.25) is 0 Å². The van der Waals surface area contributed by atoms with Crippen molar-refractivity contribution in [2.24, 2.45) is 5.73 Å². The number of fused-ring (bicyclic) bond motifs is 1. The van der Waals surface area contributed by atoms with Gasteiger partial charge in [-0.2, -0.15) is 0 Å². The Labute approximate surface area is 147 Å². The number of imidazole rings is 1. The Kier molecular flexibility index (Phi) is 4.01. The molecule has 1 aliphatic heterocycles. The lowest BCUT2D eigenvalue weighted by Crippen LogP contribution is -2.34. The fourth-order valence-electron chi connectivity index (χ4n) is 3.72. The second-order valence-electron chi connectivity index (χ2n) is 6.71. The minimum absolute atomic E-state index is 0.0213. The maximum absolute atomic E-state index is 12.9. The summed E-state index contributed by atoms with van der Waals surface area (Å²) >= 11 is 0. The first kappa shape index (κ1) is 15.8. The van der Waals surface area contributed by atoms with E-state index in [4.69, 9.17) is 5.73 Å². The lowest BCUT2D eigenvalue weighted by atomic mass is 9.95. The van der Waals surface area contributed by atoms with Gasteiger partial charge >= 0.3 is 0 Å². The lowest BCUT2D eigenvalue weighted by molar-refractivity contribution is -0.130. The number of nitrogens with zero attached hydrogens (tertiary/aromatic N) is 3. The second kappa shape index (κ2) is 6.33. The van der Waals surface area contributed by atoms with Crippen molar-refractivity contribution < 1.29 is 4.79 Å². The Hall–Kier alpha value is -2.66. The fraction of sp³-hybridized carbons (Fsp3) is 0.300. The number of aryl methyl sites for hydroxylation is 1. The molecule has 2 atom stereocenters. The third kappa shape index (κ3) is 2.91. The van der Waals surface area contributed by atoms with E-state index in [0.29, 0.717) is 19.6 Å². The zero-order valence-electron chi connectivity index (χ0n) is 14.3. The topological polar surface area (TPSA) is 64.2 Å². The van der Waals surface area contributed by atoms with Crippen LogP contribution in [-0.4, -0.2) is 39.5 Å². The fourth-order valence-corrected chi connectivity index (χ4v) is 3.72. The number of carbonyl (C=O) groups excluding carboxylic acids is 1. The molecule has 1 fully saturated rings. The van der Waals surface area contributed by atoms with E-state index in [9.17, 15) is 4.79 Å². The number of carbonyl (C=O) groups is 1. The molecule has 4 rings (SSSR count). The number of nitrogens with two attached hydrogens (primary N) is 1. The molecule has 5 nitrogen and oxygen atoms in total. The lowest BCUT2D eigenvalue weighted by Gasteiger charge is -2.17. The van der Waals surface area contributed by atoms with Gasteiger partial charge in [0, 0.05) is 25.0 Å². The largest absolute Gasteiger partial charge is 0.339 e. The van der Waals surface area contributed by atoms with Crippen molar-refractivity contribution in [1.82, 2.24) is 14.5 Å². The number of hydrogen-bond donors (Lipinski definition) is 1. The maximum Gasteiger partial charge on any atom is 0.242 e. The Morgan fingerprint density at radius 3 is 2.64 bits per heavy atom. The molecule has 0 bridgehead atoms. The highest BCUT2D eigenvalue weighted by Gasteiger charge is 2.33. The highest BCUT2D eigenvalue weighted by atomic mass is 16.2. The van der Waals surface area contributed by atoms with E-state index in [0.717, 1.165) is 16.9 Å². The minimum atomic E-state index is -0.0213. The van der Waals surface area contributed by atoms with Gasteiger partial charge in [-0.1, -0.05) is 42.5 Å². The van der Waals surface area contributed by atoms with Crippen molar-refractivity contribution >= 4 is 16.9 Å². The minimum Gasteiger partial charge on any atom is -0.339 e. The highest BCUT2D eigenvalue weighted by Crippen LogP contribution is 2.27. The van der Waals surface area contributed by atoms with Gasteiger partial charge in [-0.3, -0.25) is 4.79 Å². The van der Waals surface area contributed by atoms with Crippen molar-refractivity contribution in [3.63, 3.8) is 0 Å². The molecule has 2 heterocycles. The predicted molar refractivity (Wildman–Crippen MR) is 98.2 cm³/mol. The summed E-state index contributed by atoms with van der Waals surface area (Å²) in [5, 5.41) is 0. The zero-order valence-corrected chi connectivity index (χ0v) is 14.3. The number of benzene rings is 2. The normalized spacial score (nSPS) is 20.3. The van der Waals surface area contributed by atoms with Crippen molar-refractivity contribution in [3.05, 3.63) is 66.0 Å². The standard InChI is InChI=1S/C20H22N4O/c1-14-22-18-9-5-6-10-19(18)24(14)13-20(25)23-11-16(17(21)12-23)15-7-3-2-4-8-15/h2-10,16-17H,11-13,21H2,1H3/t16-,17+/m0/s1. The van der Waals surface area contributed by atoms with E-state index in [1.165, 1.54) is 5.56 Å². The summed E-state index contributed by atoms with van der Waals surface area (Å²) < 4.78 is 1.99. The summed E-state index contributed by atoms with van der Waals surface area (Å²) in [4.78, 5) is 19.3. The molecular formula is C20H22N4O. The number of rotatable bonds is 3. The molecule has 0 aliphatic carbocycles. The van der Waals surface area contributed by atoms with Gasteiger partial charge in [-0.05, 0) is 24.6 Å². The first-order chi connectivity index (χ1) is 12.1. The van der Waals surface area contributed by atoms with Crippen LogP contribution in [0, 0.1) is 6.92 Å². The smallest absolute Gasteiger partial charge is 0.242 e. The SMILES string of the molecule is Cc1nc2ccccc2n1CC(=O)N1C[C@@H](N)[C@H](c2ccccc2)C1. The number of likely N-dealkylation sites (tertiary alicyclic amines) is 1. The summed E-state index contributed by atoms with van der Waals surface area (Å²) in [5.74, 6) is 1.16. The Morgan fingerprint density at radius 2 is 1.84 bits per heavy atom. The average Bonchev–Trinajstić information content (AvgIpc) is 3.16. The molecule has 1 aliphatic rings. The number of aromatic nitrogens is 2. The molecule has 5 heteroatoms. The van der Waals surface area contributed by atoms with Crippen LogP contribution >= 0.6 is 0 Å². The number of hydrogen-bond acceptors (Lipinski definition) is 3. The van der Waals surface area contributed by atoms with Crippen LogP contribution in [0.3, 0.4) is 0 Å². The monoisotopic (exact) mass is 334 g/mol. The van der Waals surface area contributed by atoms with E-state index in [1.807, 2.05) is 58.9 Å². The average molecular weight is 334 g/mol. The highest BCUT2D eigenvalue weighted by molar-refractivity contribution is 5.81. The Bertz CT molecular complexity index is 902. The van der Waals surface area contributed by atoms with Gasteiger partial charge in [0.1, 0.15) is 12.4 Å². The molecule has 1 aromatic heterocycles. The molecule has 0 radical (unpaired) electrons. The van der Waals surface area contributed by atoms with Crippen LogP contribution in [0.4, 0.5) is 0 Å². The summed E-state index contributed by atoms with van der Waals surface area (Å²) in [5.41, 5.74) is 9.44. The summed E-state index contributed by atoms with van der Waals surface area (Å²) in [6.45, 7) is 3.52.